The summed E-state index contributed by atoms with van der Waals surface area (Å²) in [5.41, 5.74) is 2.07. The Bertz CT molecular complexity index is 689. The fraction of sp³-hybridized carbons (Fsp3) is 0.0667. The van der Waals surface area contributed by atoms with Crippen LogP contribution in [0.25, 0.3) is 21.9 Å². The van der Waals surface area contributed by atoms with Gasteiger partial charge < -0.3 is 4.74 Å². The third-order valence-electron chi connectivity index (χ3n) is 2.99. The molecule has 0 radical (unpaired) electrons. The lowest BCUT2D eigenvalue weighted by molar-refractivity contribution is 0.413. The Morgan fingerprint density at radius 1 is 0.833 bits per heavy atom. The number of fused-ring (bicyclic) bond motifs is 1. The van der Waals surface area contributed by atoms with E-state index in [9.17, 15) is 0 Å². The van der Waals surface area contributed by atoms with Crippen molar-refractivity contribution in [1.82, 2.24) is 10.2 Å². The molecule has 1 aromatic heterocycles. The highest BCUT2D eigenvalue weighted by Gasteiger charge is 2.09. The van der Waals surface area contributed by atoms with E-state index in [0.29, 0.717) is 0 Å². The first-order valence-corrected chi connectivity index (χ1v) is 5.73. The molecule has 0 spiro atoms. The second-order valence-electron chi connectivity index (χ2n) is 4.00. The molecular weight excluding hydrogens is 224 g/mol. The summed E-state index contributed by atoms with van der Waals surface area (Å²) in [6, 6.07) is 14.5. The van der Waals surface area contributed by atoms with E-state index in [2.05, 4.69) is 34.5 Å². The largest absolute Gasteiger partial charge is 0.494 e. The number of aromatic nitrogens is 2. The maximum absolute atomic E-state index is 5.35. The van der Waals surface area contributed by atoms with Crippen molar-refractivity contribution in [1.29, 1.82) is 0 Å². The Hall–Kier alpha value is -2.42. The van der Waals surface area contributed by atoms with Crippen LogP contribution in [0, 0.1) is 0 Å². The first-order valence-electron chi connectivity index (χ1n) is 5.73. The van der Waals surface area contributed by atoms with Crippen LogP contribution in [0.4, 0.5) is 0 Å². The Morgan fingerprint density at radius 2 is 1.61 bits per heavy atom. The van der Waals surface area contributed by atoms with Crippen LogP contribution in [0.15, 0.2) is 54.9 Å². The van der Waals surface area contributed by atoms with Gasteiger partial charge in [-0.1, -0.05) is 42.5 Å². The van der Waals surface area contributed by atoms with Crippen molar-refractivity contribution in [2.45, 2.75) is 0 Å². The van der Waals surface area contributed by atoms with Crippen LogP contribution < -0.4 is 4.74 Å². The zero-order valence-corrected chi connectivity index (χ0v) is 10.00. The van der Waals surface area contributed by atoms with Gasteiger partial charge in [0.2, 0.25) is 0 Å². The molecule has 3 nitrogen and oxygen atoms in total. The minimum atomic E-state index is 0.737. The zero-order valence-electron chi connectivity index (χ0n) is 10.00. The summed E-state index contributed by atoms with van der Waals surface area (Å²) < 4.78 is 5.35. The van der Waals surface area contributed by atoms with E-state index in [1.165, 1.54) is 10.8 Å². The highest BCUT2D eigenvalue weighted by atomic mass is 16.5. The number of hydrogen-bond acceptors (Lipinski definition) is 3. The second kappa shape index (κ2) is 4.45. The summed E-state index contributed by atoms with van der Waals surface area (Å²) in [7, 11) is 1.64. The Balaban J connectivity index is 2.32. The van der Waals surface area contributed by atoms with Crippen molar-refractivity contribution in [3.05, 3.63) is 54.9 Å². The van der Waals surface area contributed by atoms with Gasteiger partial charge in [-0.15, -0.1) is 0 Å². The minimum Gasteiger partial charge on any atom is -0.494 e. The number of nitrogens with zero attached hydrogens (tertiary/aromatic N) is 2. The molecule has 0 bridgehead atoms. The van der Waals surface area contributed by atoms with Gasteiger partial charge in [-0.25, -0.2) is 0 Å². The molecule has 88 valence electrons. The molecule has 0 aliphatic carbocycles. The second-order valence-corrected chi connectivity index (χ2v) is 4.00. The summed E-state index contributed by atoms with van der Waals surface area (Å²) >= 11 is 0. The first-order chi connectivity index (χ1) is 8.90. The Morgan fingerprint density at radius 3 is 2.50 bits per heavy atom. The number of benzene rings is 2. The van der Waals surface area contributed by atoms with E-state index in [0.717, 1.165) is 16.9 Å². The molecule has 0 amide bonds. The Labute approximate surface area is 105 Å². The van der Waals surface area contributed by atoms with Gasteiger partial charge >= 0.3 is 0 Å². The normalized spacial score (nSPS) is 10.5. The van der Waals surface area contributed by atoms with Gasteiger partial charge in [0.1, 0.15) is 5.75 Å². The number of methoxy groups -OCH3 is 1. The summed E-state index contributed by atoms with van der Waals surface area (Å²) in [5, 5.41) is 10.2. The van der Waals surface area contributed by atoms with Crippen molar-refractivity contribution in [2.75, 3.05) is 7.11 Å². The molecule has 2 aromatic carbocycles. The molecular formula is C15H12N2O. The van der Waals surface area contributed by atoms with Crippen molar-refractivity contribution in [2.24, 2.45) is 0 Å². The van der Waals surface area contributed by atoms with E-state index in [-0.39, 0.29) is 0 Å². The molecule has 0 N–H and O–H groups in total. The van der Waals surface area contributed by atoms with Crippen molar-refractivity contribution < 1.29 is 4.74 Å². The summed E-state index contributed by atoms with van der Waals surface area (Å²) in [6.07, 6.45) is 3.37. The molecule has 0 unspecified atom stereocenters. The Kier molecular flexibility index (Phi) is 2.65. The molecule has 0 aliphatic heterocycles. The van der Waals surface area contributed by atoms with Gasteiger partial charge in [-0.2, -0.15) is 10.2 Å². The predicted molar refractivity (Wildman–Crippen MR) is 71.5 cm³/mol. The lowest BCUT2D eigenvalue weighted by Gasteiger charge is -2.09. The predicted octanol–water partition coefficient (Wildman–Crippen LogP) is 3.31. The van der Waals surface area contributed by atoms with E-state index in [1.807, 2.05) is 18.2 Å². The lowest BCUT2D eigenvalue weighted by Crippen LogP contribution is -1.91. The van der Waals surface area contributed by atoms with E-state index >= 15 is 0 Å². The summed E-state index contributed by atoms with van der Waals surface area (Å²) in [4.78, 5) is 0. The van der Waals surface area contributed by atoms with Crippen LogP contribution in [-0.4, -0.2) is 17.3 Å². The standard InChI is InChI=1S/C15H12N2O/c1-18-15-10-17-16-9-14(15)13-8-4-6-11-5-2-3-7-12(11)13/h2-10H,1H3. The zero-order chi connectivity index (χ0) is 12.4. The minimum absolute atomic E-state index is 0.737. The van der Waals surface area contributed by atoms with Crippen LogP contribution in [0.3, 0.4) is 0 Å². The van der Waals surface area contributed by atoms with Gasteiger partial charge in [-0.05, 0) is 16.3 Å². The van der Waals surface area contributed by atoms with Crippen molar-refractivity contribution in [3.63, 3.8) is 0 Å². The van der Waals surface area contributed by atoms with E-state index in [4.69, 9.17) is 4.74 Å². The van der Waals surface area contributed by atoms with Gasteiger partial charge in [-0.3, -0.25) is 0 Å². The number of ether oxygens (including phenoxy) is 1. The van der Waals surface area contributed by atoms with E-state index < -0.39 is 0 Å². The third kappa shape index (κ3) is 1.70. The topological polar surface area (TPSA) is 35.0 Å². The lowest BCUT2D eigenvalue weighted by atomic mass is 9.99. The average molecular weight is 236 g/mol. The number of rotatable bonds is 2. The highest BCUT2D eigenvalue weighted by molar-refractivity contribution is 5.97. The van der Waals surface area contributed by atoms with Gasteiger partial charge in [0.05, 0.1) is 19.5 Å². The van der Waals surface area contributed by atoms with Gasteiger partial charge in [0.25, 0.3) is 0 Å². The van der Waals surface area contributed by atoms with Gasteiger partial charge in [0, 0.05) is 5.56 Å². The maximum Gasteiger partial charge on any atom is 0.148 e. The molecule has 0 fully saturated rings. The molecule has 3 aromatic rings. The molecule has 0 saturated heterocycles. The molecule has 18 heavy (non-hydrogen) atoms. The molecule has 0 aliphatic rings. The maximum atomic E-state index is 5.35. The number of hydrogen-bond donors (Lipinski definition) is 0. The molecule has 0 atom stereocenters. The van der Waals surface area contributed by atoms with E-state index in [1.54, 1.807) is 19.5 Å². The molecule has 3 rings (SSSR count). The van der Waals surface area contributed by atoms with Crippen LogP contribution in [0.1, 0.15) is 0 Å². The van der Waals surface area contributed by atoms with Crippen molar-refractivity contribution in [3.8, 4) is 16.9 Å². The quantitative estimate of drug-likeness (QED) is 0.684. The highest BCUT2D eigenvalue weighted by Crippen LogP contribution is 2.33. The monoisotopic (exact) mass is 236 g/mol. The van der Waals surface area contributed by atoms with Crippen LogP contribution in [0.2, 0.25) is 0 Å². The average Bonchev–Trinajstić information content (AvgIpc) is 2.46. The van der Waals surface area contributed by atoms with Crippen LogP contribution in [-0.2, 0) is 0 Å². The fourth-order valence-corrected chi connectivity index (χ4v) is 2.14. The van der Waals surface area contributed by atoms with Crippen LogP contribution >= 0.6 is 0 Å². The molecule has 1 heterocycles. The molecule has 3 heteroatoms. The summed E-state index contributed by atoms with van der Waals surface area (Å²) in [6.45, 7) is 0. The first kappa shape index (κ1) is 10.7. The molecule has 0 saturated carbocycles. The SMILES string of the molecule is COc1cnncc1-c1cccc2ccccc12. The van der Waals surface area contributed by atoms with Gasteiger partial charge in [0.15, 0.2) is 0 Å². The smallest absolute Gasteiger partial charge is 0.148 e. The van der Waals surface area contributed by atoms with Crippen molar-refractivity contribution >= 4 is 10.8 Å². The van der Waals surface area contributed by atoms with Crippen LogP contribution in [0.5, 0.6) is 5.75 Å². The third-order valence-corrected chi connectivity index (χ3v) is 2.99. The summed E-state index contributed by atoms with van der Waals surface area (Å²) in [5.74, 6) is 0.737. The fourth-order valence-electron chi connectivity index (χ4n) is 2.14.